The van der Waals surface area contributed by atoms with E-state index in [9.17, 15) is 37.8 Å². The molecule has 39 heavy (non-hydrogen) atoms. The first-order valence-electron chi connectivity index (χ1n) is 13.8. The molecule has 0 aromatic carbocycles. The van der Waals surface area contributed by atoms with Gasteiger partial charge in [0, 0.05) is 18.9 Å². The normalized spacial score (nSPS) is 37.3. The van der Waals surface area contributed by atoms with Crippen molar-refractivity contribution in [3.8, 4) is 0 Å². The fraction of sp³-hybridized carbons (Fsp3) is 0.769. The second-order valence-electron chi connectivity index (χ2n) is 12.0. The summed E-state index contributed by atoms with van der Waals surface area (Å²) in [4.78, 5) is 53.5. The molecule has 4 rings (SSSR count). The van der Waals surface area contributed by atoms with Gasteiger partial charge in [-0.2, -0.15) is 0 Å². The highest BCUT2D eigenvalue weighted by atomic mass is 32.2. The Bertz CT molecular complexity index is 1150. The molecular weight excluding hydrogens is 528 g/mol. The largest absolute Gasteiger partial charge is 0.465 e. The van der Waals surface area contributed by atoms with Crippen LogP contribution in [0.1, 0.15) is 72.1 Å². The summed E-state index contributed by atoms with van der Waals surface area (Å²) in [5.41, 5.74) is -1.50. The van der Waals surface area contributed by atoms with E-state index in [-0.39, 0.29) is 31.2 Å². The monoisotopic (exact) mass is 568 g/mol. The topological polar surface area (TPSA) is 182 Å². The van der Waals surface area contributed by atoms with Crippen molar-refractivity contribution < 1.29 is 37.8 Å². The summed E-state index contributed by atoms with van der Waals surface area (Å²) in [7, 11) is -3.94. The first kappa shape index (κ1) is 29.3. The molecule has 13 heteroatoms. The molecule has 0 unspecified atom stereocenters. The van der Waals surface area contributed by atoms with Crippen molar-refractivity contribution in [2.24, 2.45) is 17.8 Å². The minimum absolute atomic E-state index is 0.0842. The lowest BCUT2D eigenvalue weighted by Crippen LogP contribution is -2.59. The molecule has 0 aromatic rings. The number of carbonyl (C=O) groups excluding carboxylic acids is 3. The minimum Gasteiger partial charge on any atom is -0.465 e. The number of amides is 4. The third-order valence-electron chi connectivity index (χ3n) is 8.90. The van der Waals surface area contributed by atoms with Crippen LogP contribution in [-0.4, -0.2) is 82.4 Å². The predicted molar refractivity (Wildman–Crippen MR) is 141 cm³/mol. The standard InChI is InChI=1S/C26H40N4O8S/c1-4-16-11-15(2)7-5-6-8-17-13-26(17,23(34)29-39(37,38)25(3)9-10-25)28-21(32)19-12-18(31)14-30(19)22(33)20(16)27-24(35)36/h6,8,15-20,27,31H,4-5,7,9-14H2,1-3H3,(H,28,32)(H,29,34)(H,35,36)/b8-6-/t15-,16-,17-,18-,19+,20+,26-/m1/s1. The highest BCUT2D eigenvalue weighted by Gasteiger charge is 2.63. The summed E-state index contributed by atoms with van der Waals surface area (Å²) in [6.07, 6.45) is 4.93. The average molecular weight is 569 g/mol. The van der Waals surface area contributed by atoms with E-state index >= 15 is 0 Å². The van der Waals surface area contributed by atoms with Crippen LogP contribution in [-0.2, 0) is 24.4 Å². The van der Waals surface area contributed by atoms with Gasteiger partial charge in [-0.15, -0.1) is 0 Å². The lowest BCUT2D eigenvalue weighted by atomic mass is 9.85. The molecule has 0 spiro atoms. The van der Waals surface area contributed by atoms with Crippen LogP contribution in [0, 0.1) is 17.8 Å². The molecule has 2 saturated carbocycles. The second kappa shape index (κ2) is 10.7. The van der Waals surface area contributed by atoms with E-state index < -0.39 is 68.2 Å². The number of nitrogens with zero attached hydrogens (tertiary/aromatic N) is 1. The van der Waals surface area contributed by atoms with Crippen molar-refractivity contribution in [1.82, 2.24) is 20.3 Å². The summed E-state index contributed by atoms with van der Waals surface area (Å²) in [6.45, 7) is 5.32. The molecule has 4 amide bonds. The van der Waals surface area contributed by atoms with Gasteiger partial charge in [-0.1, -0.05) is 32.4 Å². The Morgan fingerprint density at radius 1 is 1.23 bits per heavy atom. The van der Waals surface area contributed by atoms with E-state index in [2.05, 4.69) is 15.4 Å². The lowest BCUT2D eigenvalue weighted by Gasteiger charge is -2.33. The van der Waals surface area contributed by atoms with E-state index in [1.54, 1.807) is 6.92 Å². The average Bonchev–Trinajstić information content (AvgIpc) is 3.73. The number of hydrogen-bond acceptors (Lipinski definition) is 7. The molecule has 218 valence electrons. The maximum absolute atomic E-state index is 13.7. The minimum atomic E-state index is -3.94. The molecule has 2 heterocycles. The fourth-order valence-electron chi connectivity index (χ4n) is 5.88. The van der Waals surface area contributed by atoms with E-state index in [0.29, 0.717) is 32.1 Å². The zero-order chi connectivity index (χ0) is 28.8. The van der Waals surface area contributed by atoms with Crippen LogP contribution in [0.2, 0.25) is 0 Å². The number of allylic oxidation sites excluding steroid dienone is 1. The molecule has 7 atom stereocenters. The number of aliphatic hydroxyl groups excluding tert-OH is 1. The summed E-state index contributed by atoms with van der Waals surface area (Å²) in [5, 5.41) is 25.0. The van der Waals surface area contributed by atoms with Gasteiger partial charge in [0.1, 0.15) is 17.6 Å². The highest BCUT2D eigenvalue weighted by molar-refractivity contribution is 7.91. The lowest BCUT2D eigenvalue weighted by molar-refractivity contribution is -0.142. The Labute approximate surface area is 229 Å². The van der Waals surface area contributed by atoms with Crippen LogP contribution in [0.25, 0.3) is 0 Å². The molecule has 2 aliphatic carbocycles. The molecule has 5 N–H and O–H groups in total. The van der Waals surface area contributed by atoms with Crippen molar-refractivity contribution in [1.29, 1.82) is 0 Å². The number of hydrogen-bond donors (Lipinski definition) is 5. The number of sulfonamides is 1. The number of rotatable bonds is 5. The van der Waals surface area contributed by atoms with Crippen molar-refractivity contribution in [3.63, 3.8) is 0 Å². The molecule has 12 nitrogen and oxygen atoms in total. The first-order valence-corrected chi connectivity index (χ1v) is 15.2. The molecule has 0 aromatic heterocycles. The summed E-state index contributed by atoms with van der Waals surface area (Å²) in [5.74, 6) is -2.69. The van der Waals surface area contributed by atoms with Gasteiger partial charge in [0.15, 0.2) is 0 Å². The van der Waals surface area contributed by atoms with Crippen LogP contribution in [0.4, 0.5) is 4.79 Å². The van der Waals surface area contributed by atoms with E-state index in [4.69, 9.17) is 0 Å². The van der Waals surface area contributed by atoms with Crippen LogP contribution >= 0.6 is 0 Å². The maximum Gasteiger partial charge on any atom is 0.405 e. The summed E-state index contributed by atoms with van der Waals surface area (Å²) >= 11 is 0. The van der Waals surface area contributed by atoms with Crippen LogP contribution in [0.15, 0.2) is 12.2 Å². The smallest absolute Gasteiger partial charge is 0.405 e. The Kier molecular flexibility index (Phi) is 8.06. The molecule has 2 aliphatic heterocycles. The third kappa shape index (κ3) is 5.93. The van der Waals surface area contributed by atoms with E-state index in [1.807, 2.05) is 26.0 Å². The Balaban J connectivity index is 1.65. The first-order chi connectivity index (χ1) is 18.2. The Morgan fingerprint density at radius 2 is 1.92 bits per heavy atom. The predicted octanol–water partition coefficient (Wildman–Crippen LogP) is 0.860. The molecule has 0 radical (unpaired) electrons. The Hall–Kier alpha value is -2.67. The number of nitrogens with one attached hydrogen (secondary N) is 3. The van der Waals surface area contributed by atoms with E-state index in [0.717, 1.165) is 6.42 Å². The van der Waals surface area contributed by atoms with Crippen molar-refractivity contribution in [2.75, 3.05) is 6.54 Å². The number of carbonyl (C=O) groups is 4. The van der Waals surface area contributed by atoms with Crippen molar-refractivity contribution in [2.45, 2.75) is 101 Å². The molecule has 1 saturated heterocycles. The summed E-state index contributed by atoms with van der Waals surface area (Å²) < 4.78 is 26.8. The quantitative estimate of drug-likeness (QED) is 0.303. The number of fused-ring (bicyclic) bond motifs is 2. The second-order valence-corrected chi connectivity index (χ2v) is 14.2. The molecular formula is C26H40N4O8S. The molecule has 3 fully saturated rings. The van der Waals surface area contributed by atoms with E-state index in [1.165, 1.54) is 4.90 Å². The summed E-state index contributed by atoms with van der Waals surface area (Å²) in [6, 6.07) is -2.25. The zero-order valence-corrected chi connectivity index (χ0v) is 23.5. The van der Waals surface area contributed by atoms with Gasteiger partial charge in [-0.05, 0) is 57.3 Å². The fourth-order valence-corrected chi connectivity index (χ4v) is 7.19. The van der Waals surface area contributed by atoms with Gasteiger partial charge in [-0.25, -0.2) is 13.2 Å². The Morgan fingerprint density at radius 3 is 2.54 bits per heavy atom. The van der Waals surface area contributed by atoms with Gasteiger partial charge in [-0.3, -0.25) is 19.1 Å². The zero-order valence-electron chi connectivity index (χ0n) is 22.7. The van der Waals surface area contributed by atoms with Crippen molar-refractivity contribution >= 4 is 33.8 Å². The van der Waals surface area contributed by atoms with Gasteiger partial charge in [0.2, 0.25) is 21.8 Å². The third-order valence-corrected chi connectivity index (χ3v) is 11.1. The molecule has 0 bridgehead atoms. The highest BCUT2D eigenvalue weighted by Crippen LogP contribution is 2.47. The van der Waals surface area contributed by atoms with Crippen LogP contribution in [0.5, 0.6) is 0 Å². The number of aliphatic hydroxyl groups is 1. The number of carboxylic acid groups (broad SMARTS) is 1. The maximum atomic E-state index is 13.7. The van der Waals surface area contributed by atoms with Gasteiger partial charge in [0.25, 0.3) is 5.91 Å². The SMILES string of the molecule is CC[C@@H]1C[C@H](C)CC/C=C\[C@@H]2C[C@@]2(C(=O)NS(=O)(=O)C2(C)CC2)NC(=O)[C@@H]2C[C@@H](O)CN2C(=O)[C@H]1NC(=O)O. The van der Waals surface area contributed by atoms with Crippen LogP contribution < -0.4 is 15.4 Å². The van der Waals surface area contributed by atoms with Gasteiger partial charge in [0.05, 0.1) is 10.9 Å². The molecule has 4 aliphatic rings. The van der Waals surface area contributed by atoms with Gasteiger partial charge >= 0.3 is 6.09 Å². The van der Waals surface area contributed by atoms with Crippen molar-refractivity contribution in [3.05, 3.63) is 12.2 Å². The van der Waals surface area contributed by atoms with Gasteiger partial charge < -0.3 is 25.7 Å². The van der Waals surface area contributed by atoms with Crippen LogP contribution in [0.3, 0.4) is 0 Å².